The quantitative estimate of drug-likeness (QED) is 0.789. The summed E-state index contributed by atoms with van der Waals surface area (Å²) in [5.41, 5.74) is 3.21. The molecule has 0 bridgehead atoms. The average Bonchev–Trinajstić information content (AvgIpc) is 2.50. The molecule has 0 saturated heterocycles. The Morgan fingerprint density at radius 3 is 2.68 bits per heavy atom. The first-order valence-electron chi connectivity index (χ1n) is 7.52. The number of para-hydroxylation sites is 1. The molecule has 4 nitrogen and oxygen atoms in total. The Labute approximate surface area is 130 Å². The molecule has 2 rings (SSSR count). The summed E-state index contributed by atoms with van der Waals surface area (Å²) in [5.74, 6) is -0.0326. The van der Waals surface area contributed by atoms with Gasteiger partial charge >= 0.3 is 5.97 Å². The molecule has 22 heavy (non-hydrogen) atoms. The van der Waals surface area contributed by atoms with E-state index in [4.69, 9.17) is 9.84 Å². The molecular formula is C18H21NO3. The van der Waals surface area contributed by atoms with Gasteiger partial charge in [-0.05, 0) is 37.1 Å². The van der Waals surface area contributed by atoms with Gasteiger partial charge in [0.25, 0.3) is 0 Å². The molecule has 0 unspecified atom stereocenters. The van der Waals surface area contributed by atoms with E-state index in [1.54, 1.807) is 0 Å². The van der Waals surface area contributed by atoms with E-state index >= 15 is 0 Å². The van der Waals surface area contributed by atoms with E-state index in [1.807, 2.05) is 43.3 Å². The van der Waals surface area contributed by atoms with Crippen LogP contribution < -0.4 is 4.74 Å². The molecule has 116 valence electrons. The number of carboxylic acids is 1. The summed E-state index contributed by atoms with van der Waals surface area (Å²) >= 11 is 0. The van der Waals surface area contributed by atoms with Crippen molar-refractivity contribution in [2.24, 2.45) is 0 Å². The second kappa shape index (κ2) is 7.59. The lowest BCUT2D eigenvalue weighted by Crippen LogP contribution is -2.04. The van der Waals surface area contributed by atoms with Gasteiger partial charge in [0.1, 0.15) is 5.75 Å². The maximum Gasteiger partial charge on any atom is 0.307 e. The Hall–Kier alpha value is -2.36. The van der Waals surface area contributed by atoms with Crippen LogP contribution in [-0.4, -0.2) is 22.7 Å². The standard InChI is InChI=1S/C18H21NO3/c1-3-4-11-22-17-8-6-5-7-15(17)16-10-9-14(12-18(20)21)13(2)19-16/h5-10H,3-4,11-12H2,1-2H3,(H,20,21). The van der Waals surface area contributed by atoms with Gasteiger partial charge in [0, 0.05) is 11.3 Å². The van der Waals surface area contributed by atoms with E-state index in [-0.39, 0.29) is 6.42 Å². The van der Waals surface area contributed by atoms with Crippen LogP contribution in [0.15, 0.2) is 36.4 Å². The molecule has 0 spiro atoms. The van der Waals surface area contributed by atoms with Crippen molar-refractivity contribution in [1.29, 1.82) is 0 Å². The molecule has 0 aliphatic carbocycles. The predicted molar refractivity (Wildman–Crippen MR) is 86.2 cm³/mol. The van der Waals surface area contributed by atoms with Crippen LogP contribution in [0.4, 0.5) is 0 Å². The Kier molecular flexibility index (Phi) is 5.53. The first-order chi connectivity index (χ1) is 10.6. The molecule has 4 heteroatoms. The van der Waals surface area contributed by atoms with E-state index < -0.39 is 5.97 Å². The Morgan fingerprint density at radius 1 is 1.23 bits per heavy atom. The number of rotatable bonds is 7. The van der Waals surface area contributed by atoms with E-state index in [2.05, 4.69) is 11.9 Å². The summed E-state index contributed by atoms with van der Waals surface area (Å²) in [6.07, 6.45) is 2.09. The van der Waals surface area contributed by atoms with E-state index in [0.29, 0.717) is 6.61 Å². The highest BCUT2D eigenvalue weighted by Gasteiger charge is 2.10. The van der Waals surface area contributed by atoms with E-state index in [9.17, 15) is 4.79 Å². The topological polar surface area (TPSA) is 59.4 Å². The van der Waals surface area contributed by atoms with Gasteiger partial charge in [-0.2, -0.15) is 0 Å². The van der Waals surface area contributed by atoms with Crippen LogP contribution in [0.5, 0.6) is 5.75 Å². The highest BCUT2D eigenvalue weighted by Crippen LogP contribution is 2.29. The van der Waals surface area contributed by atoms with E-state index in [1.165, 1.54) is 0 Å². The Bertz CT molecular complexity index is 653. The summed E-state index contributed by atoms with van der Waals surface area (Å²) < 4.78 is 5.83. The number of benzene rings is 1. The van der Waals surface area contributed by atoms with Gasteiger partial charge in [-0.1, -0.05) is 31.5 Å². The lowest BCUT2D eigenvalue weighted by Gasteiger charge is -2.12. The number of unbranched alkanes of at least 4 members (excludes halogenated alkanes) is 1. The van der Waals surface area contributed by atoms with Crippen LogP contribution in [0.3, 0.4) is 0 Å². The van der Waals surface area contributed by atoms with Gasteiger partial charge in [0.05, 0.1) is 18.7 Å². The zero-order chi connectivity index (χ0) is 15.9. The lowest BCUT2D eigenvalue weighted by atomic mass is 10.1. The Balaban J connectivity index is 2.28. The van der Waals surface area contributed by atoms with Gasteiger partial charge in [0.2, 0.25) is 0 Å². The van der Waals surface area contributed by atoms with Gasteiger partial charge in [0.15, 0.2) is 0 Å². The number of carboxylic acid groups (broad SMARTS) is 1. The number of ether oxygens (including phenoxy) is 1. The fraction of sp³-hybridized carbons (Fsp3) is 0.333. The van der Waals surface area contributed by atoms with Crippen LogP contribution in [-0.2, 0) is 11.2 Å². The minimum Gasteiger partial charge on any atom is -0.493 e. The number of carbonyl (C=O) groups is 1. The fourth-order valence-corrected chi connectivity index (χ4v) is 2.22. The van der Waals surface area contributed by atoms with Gasteiger partial charge in [-0.15, -0.1) is 0 Å². The van der Waals surface area contributed by atoms with E-state index in [0.717, 1.165) is 41.1 Å². The van der Waals surface area contributed by atoms with Crippen LogP contribution in [0.1, 0.15) is 31.0 Å². The lowest BCUT2D eigenvalue weighted by molar-refractivity contribution is -0.136. The highest BCUT2D eigenvalue weighted by atomic mass is 16.5. The fourth-order valence-electron chi connectivity index (χ4n) is 2.22. The molecule has 1 N–H and O–H groups in total. The van der Waals surface area contributed by atoms with Crippen molar-refractivity contribution in [3.63, 3.8) is 0 Å². The second-order valence-electron chi connectivity index (χ2n) is 5.21. The summed E-state index contributed by atoms with van der Waals surface area (Å²) in [6.45, 7) is 4.65. The molecule has 0 saturated carbocycles. The second-order valence-corrected chi connectivity index (χ2v) is 5.21. The normalized spacial score (nSPS) is 10.5. The molecule has 0 amide bonds. The first-order valence-corrected chi connectivity index (χ1v) is 7.52. The molecule has 0 fully saturated rings. The monoisotopic (exact) mass is 299 g/mol. The molecular weight excluding hydrogens is 278 g/mol. The maximum absolute atomic E-state index is 10.8. The van der Waals surface area contributed by atoms with Gasteiger partial charge in [-0.3, -0.25) is 9.78 Å². The van der Waals surface area contributed by atoms with Crippen LogP contribution in [0, 0.1) is 6.92 Å². The van der Waals surface area contributed by atoms with Crippen molar-refractivity contribution in [2.45, 2.75) is 33.1 Å². The zero-order valence-electron chi connectivity index (χ0n) is 13.0. The number of hydrogen-bond donors (Lipinski definition) is 1. The summed E-state index contributed by atoms with van der Waals surface area (Å²) in [6, 6.07) is 11.5. The minimum absolute atomic E-state index is 0.00619. The summed E-state index contributed by atoms with van der Waals surface area (Å²) in [7, 11) is 0. The third-order valence-electron chi connectivity index (χ3n) is 3.46. The van der Waals surface area contributed by atoms with Crippen molar-refractivity contribution in [1.82, 2.24) is 4.98 Å². The van der Waals surface area contributed by atoms with Crippen LogP contribution in [0.2, 0.25) is 0 Å². The summed E-state index contributed by atoms with van der Waals surface area (Å²) in [5, 5.41) is 8.89. The van der Waals surface area contributed by atoms with Crippen molar-refractivity contribution < 1.29 is 14.6 Å². The predicted octanol–water partition coefficient (Wildman–Crippen LogP) is 3.86. The maximum atomic E-state index is 10.8. The third kappa shape index (κ3) is 4.07. The number of nitrogens with zero attached hydrogens (tertiary/aromatic N) is 1. The number of pyridine rings is 1. The number of aromatic nitrogens is 1. The smallest absolute Gasteiger partial charge is 0.307 e. The van der Waals surface area contributed by atoms with Crippen molar-refractivity contribution in [3.8, 4) is 17.0 Å². The molecule has 2 aromatic rings. The van der Waals surface area contributed by atoms with Gasteiger partial charge in [-0.25, -0.2) is 0 Å². The SMILES string of the molecule is CCCCOc1ccccc1-c1ccc(CC(=O)O)c(C)n1. The third-order valence-corrected chi connectivity index (χ3v) is 3.46. The largest absolute Gasteiger partial charge is 0.493 e. The number of aryl methyl sites for hydroxylation is 1. The van der Waals surface area contributed by atoms with Gasteiger partial charge < -0.3 is 9.84 Å². The number of aliphatic carboxylic acids is 1. The summed E-state index contributed by atoms with van der Waals surface area (Å²) in [4.78, 5) is 15.4. The highest BCUT2D eigenvalue weighted by molar-refractivity contribution is 5.72. The molecule has 1 heterocycles. The zero-order valence-corrected chi connectivity index (χ0v) is 13.0. The van der Waals surface area contributed by atoms with Crippen molar-refractivity contribution in [3.05, 3.63) is 47.7 Å². The molecule has 1 aromatic carbocycles. The Morgan fingerprint density at radius 2 is 2.00 bits per heavy atom. The van der Waals surface area contributed by atoms with Crippen LogP contribution in [0.25, 0.3) is 11.3 Å². The molecule has 1 aromatic heterocycles. The first kappa shape index (κ1) is 16.0. The van der Waals surface area contributed by atoms with Crippen molar-refractivity contribution >= 4 is 5.97 Å². The molecule has 0 atom stereocenters. The average molecular weight is 299 g/mol. The number of hydrogen-bond acceptors (Lipinski definition) is 3. The molecule has 0 radical (unpaired) electrons. The minimum atomic E-state index is -0.846. The molecule has 0 aliphatic heterocycles. The molecule has 0 aliphatic rings. The van der Waals surface area contributed by atoms with Crippen LogP contribution >= 0.6 is 0 Å². The van der Waals surface area contributed by atoms with Crippen molar-refractivity contribution in [2.75, 3.05) is 6.61 Å².